The van der Waals surface area contributed by atoms with Gasteiger partial charge in [-0.1, -0.05) is 172 Å². The van der Waals surface area contributed by atoms with Gasteiger partial charge in [-0.25, -0.2) is 9.59 Å². The van der Waals surface area contributed by atoms with Crippen molar-refractivity contribution in [1.29, 1.82) is 0 Å². The van der Waals surface area contributed by atoms with Gasteiger partial charge in [-0.15, -0.1) is 0 Å². The molecule has 0 bridgehead atoms. The fourth-order valence-electron chi connectivity index (χ4n) is 10.5. The lowest BCUT2D eigenvalue weighted by Crippen LogP contribution is -2.32. The molecular formula is C64H84O8. The van der Waals surface area contributed by atoms with E-state index in [1.165, 1.54) is 43.3 Å². The number of aliphatic carboxylic acids is 1. The largest absolute Gasteiger partial charge is 0.480 e. The number of carbonyl (C=O) groups is 2. The maximum atomic E-state index is 11.9. The summed E-state index contributed by atoms with van der Waals surface area (Å²) in [6.45, 7) is 10.5. The summed E-state index contributed by atoms with van der Waals surface area (Å²) in [6, 6.07) is 20.2. The van der Waals surface area contributed by atoms with Crippen LogP contribution in [0.15, 0.2) is 133 Å². The van der Waals surface area contributed by atoms with E-state index in [2.05, 4.69) is 61.8 Å². The van der Waals surface area contributed by atoms with Gasteiger partial charge in [-0.05, 0) is 133 Å². The average molecular weight is 981 g/mol. The molecule has 4 aliphatic rings. The Bertz CT molecular complexity index is 2320. The molecule has 4 saturated carbocycles. The van der Waals surface area contributed by atoms with E-state index in [-0.39, 0.29) is 40.8 Å². The Morgan fingerprint density at radius 2 is 1.04 bits per heavy atom. The third-order valence-corrected chi connectivity index (χ3v) is 14.9. The van der Waals surface area contributed by atoms with Gasteiger partial charge in [0.15, 0.2) is 0 Å². The number of benzene rings is 2. The summed E-state index contributed by atoms with van der Waals surface area (Å²) in [5, 5.41) is 30.1. The molecule has 0 aromatic heterocycles. The molecule has 8 nitrogen and oxygen atoms in total. The zero-order valence-corrected chi connectivity index (χ0v) is 44.1. The zero-order valence-electron chi connectivity index (χ0n) is 44.1. The summed E-state index contributed by atoms with van der Waals surface area (Å²) in [5.74, 6) is 12.0. The van der Waals surface area contributed by atoms with E-state index in [4.69, 9.17) is 19.3 Å². The fourth-order valence-corrected chi connectivity index (χ4v) is 10.5. The van der Waals surface area contributed by atoms with Gasteiger partial charge in [-0.3, -0.25) is 0 Å². The molecule has 4 unspecified atom stereocenters. The van der Waals surface area contributed by atoms with E-state index >= 15 is 0 Å². The second-order valence-electron chi connectivity index (χ2n) is 22.1. The minimum atomic E-state index is -0.944. The minimum absolute atomic E-state index is 0.0342. The number of rotatable bonds is 20. The van der Waals surface area contributed by atoms with Crippen LogP contribution in [-0.4, -0.2) is 71.5 Å². The molecule has 0 saturated heterocycles. The molecular weight excluding hydrogens is 897 g/mol. The molecule has 4 atom stereocenters. The fraction of sp³-hybridized carbons (Fsp3) is 0.531. The average Bonchev–Trinajstić information content (AvgIpc) is 3.32. The maximum absolute atomic E-state index is 11.9. The summed E-state index contributed by atoms with van der Waals surface area (Å²) in [7, 11) is 0. The molecule has 0 spiro atoms. The van der Waals surface area contributed by atoms with Gasteiger partial charge >= 0.3 is 11.9 Å². The SMILES string of the molecule is CC(C)(C)OC(=O)COC/C=C1\CCCCC1(C)/C=C/C=C/C(O)CC1(CC#Cc2ccccc2)CCC1.CC1(/C=C/C=C/C(O)CC2(CC#Cc3ccccc3)CCC2)CCCC/C1=C\COCC(=O)O. The van der Waals surface area contributed by atoms with E-state index in [0.29, 0.717) is 13.2 Å². The number of esters is 1. The van der Waals surface area contributed by atoms with Crippen molar-refractivity contribution >= 4 is 11.9 Å². The van der Waals surface area contributed by atoms with Gasteiger partial charge in [0.2, 0.25) is 0 Å². The Labute approximate surface area is 432 Å². The lowest BCUT2D eigenvalue weighted by Gasteiger charge is -2.41. The Morgan fingerprint density at radius 3 is 1.43 bits per heavy atom. The van der Waals surface area contributed by atoms with Crippen molar-refractivity contribution < 1.29 is 39.1 Å². The first-order valence-electron chi connectivity index (χ1n) is 26.6. The van der Waals surface area contributed by atoms with E-state index in [0.717, 1.165) is 94.6 Å². The third-order valence-electron chi connectivity index (χ3n) is 14.9. The van der Waals surface area contributed by atoms with Crippen LogP contribution < -0.4 is 0 Å². The maximum Gasteiger partial charge on any atom is 0.332 e. The summed E-state index contributed by atoms with van der Waals surface area (Å²) in [4.78, 5) is 22.5. The molecule has 0 aliphatic heterocycles. The molecule has 2 aromatic rings. The molecule has 0 heterocycles. The van der Waals surface area contributed by atoms with Gasteiger partial charge in [0.25, 0.3) is 0 Å². The third kappa shape index (κ3) is 20.4. The highest BCUT2D eigenvalue weighted by Crippen LogP contribution is 2.49. The highest BCUT2D eigenvalue weighted by Gasteiger charge is 2.38. The number of carboxylic acids is 1. The summed E-state index contributed by atoms with van der Waals surface area (Å²) < 4.78 is 16.1. The predicted octanol–water partition coefficient (Wildman–Crippen LogP) is 13.4. The first-order valence-corrected chi connectivity index (χ1v) is 26.6. The van der Waals surface area contributed by atoms with E-state index in [9.17, 15) is 19.8 Å². The predicted molar refractivity (Wildman–Crippen MR) is 291 cm³/mol. The van der Waals surface area contributed by atoms with Gasteiger partial charge in [-0.2, -0.15) is 0 Å². The van der Waals surface area contributed by atoms with Crippen molar-refractivity contribution in [2.75, 3.05) is 26.4 Å². The molecule has 4 fully saturated rings. The molecule has 3 N–H and O–H groups in total. The van der Waals surface area contributed by atoms with Crippen molar-refractivity contribution in [3.05, 3.63) is 144 Å². The standard InChI is InChI=1S/C34H46O4.C30H38O4/c1-32(2,3)38-31(36)27-37-25-19-29-17-8-10-20-33(29,4)21-11-9-18-30(35)26-34(23-13-24-34)22-12-16-28-14-6-5-7-15-28;1-29(17-7-5-14-26(29)16-22-34-24-28(32)33)18-8-6-15-27(31)23-30(20-10-21-30)19-9-13-25-11-3-2-4-12-25/h5-7,9,11,14-15,18-19,21,30,35H,8,10,13,17,20,22-27H2,1-4H3;2-4,6,8,11-12,15-16,18,27,31H,5,7,10,14,17,19-24H2,1H3,(H,32,33)/b18-9+,21-11+,29-19+;15-6+,18-8+,26-16+. The Kier molecular flexibility index (Phi) is 23.1. The van der Waals surface area contributed by atoms with Crippen LogP contribution in [-0.2, 0) is 23.8 Å². The van der Waals surface area contributed by atoms with Gasteiger partial charge in [0.1, 0.15) is 18.8 Å². The quantitative estimate of drug-likeness (QED) is 0.0394. The number of hydrogen-bond acceptors (Lipinski definition) is 7. The number of allylic oxidation sites excluding steroid dienone is 8. The Balaban J connectivity index is 0.000000269. The van der Waals surface area contributed by atoms with Crippen LogP contribution in [0.5, 0.6) is 0 Å². The normalized spacial score (nSPS) is 23.5. The molecule has 72 heavy (non-hydrogen) atoms. The van der Waals surface area contributed by atoms with Gasteiger partial charge in [0.05, 0.1) is 25.4 Å². The van der Waals surface area contributed by atoms with Crippen LogP contribution in [0, 0.1) is 45.3 Å². The first-order chi connectivity index (χ1) is 34.5. The topological polar surface area (TPSA) is 123 Å². The number of ether oxygens (including phenoxy) is 3. The molecule has 8 heteroatoms. The highest BCUT2D eigenvalue weighted by molar-refractivity contribution is 5.71. The van der Waals surface area contributed by atoms with Crippen LogP contribution in [0.25, 0.3) is 0 Å². The summed E-state index contributed by atoms with van der Waals surface area (Å²) >= 11 is 0. The van der Waals surface area contributed by atoms with Crippen molar-refractivity contribution in [3.63, 3.8) is 0 Å². The number of carbonyl (C=O) groups excluding carboxylic acids is 1. The van der Waals surface area contributed by atoms with E-state index in [1.807, 2.05) is 118 Å². The molecule has 2 aromatic carbocycles. The Hall–Kier alpha value is -5.22. The molecule has 4 aliphatic carbocycles. The van der Waals surface area contributed by atoms with Crippen molar-refractivity contribution in [1.82, 2.24) is 0 Å². The zero-order chi connectivity index (χ0) is 51.8. The molecule has 6 rings (SSSR count). The Morgan fingerprint density at radius 1 is 0.611 bits per heavy atom. The van der Waals surface area contributed by atoms with Crippen LogP contribution in [0.3, 0.4) is 0 Å². The van der Waals surface area contributed by atoms with Crippen LogP contribution in [0.1, 0.15) is 161 Å². The monoisotopic (exact) mass is 981 g/mol. The van der Waals surface area contributed by atoms with Gasteiger partial charge in [0, 0.05) is 34.8 Å². The van der Waals surface area contributed by atoms with Crippen LogP contribution in [0.2, 0.25) is 0 Å². The minimum Gasteiger partial charge on any atom is -0.480 e. The summed E-state index contributed by atoms with van der Waals surface area (Å²) in [5.41, 5.74) is 4.43. The number of aliphatic hydroxyl groups is 2. The van der Waals surface area contributed by atoms with E-state index < -0.39 is 23.8 Å². The van der Waals surface area contributed by atoms with Crippen molar-refractivity contribution in [2.45, 2.75) is 168 Å². The van der Waals surface area contributed by atoms with E-state index in [1.54, 1.807) is 0 Å². The molecule has 0 radical (unpaired) electrons. The van der Waals surface area contributed by atoms with Crippen LogP contribution >= 0.6 is 0 Å². The molecule has 388 valence electrons. The smallest absolute Gasteiger partial charge is 0.332 e. The first kappa shape index (κ1) is 57.7. The van der Waals surface area contributed by atoms with Gasteiger partial charge < -0.3 is 29.5 Å². The lowest BCUT2D eigenvalue weighted by atomic mass is 9.64. The second kappa shape index (κ2) is 28.9. The van der Waals surface area contributed by atoms with Crippen LogP contribution in [0.4, 0.5) is 0 Å². The highest BCUT2D eigenvalue weighted by atomic mass is 16.6. The number of carboxylic acid groups (broad SMARTS) is 1. The second-order valence-corrected chi connectivity index (χ2v) is 22.1. The summed E-state index contributed by atoms with van der Waals surface area (Å²) in [6.07, 6.45) is 38.6. The van der Waals surface area contributed by atoms with Crippen molar-refractivity contribution in [3.8, 4) is 23.7 Å². The lowest BCUT2D eigenvalue weighted by molar-refractivity contribution is -0.159. The number of aliphatic hydroxyl groups excluding tert-OH is 2. The van der Waals surface area contributed by atoms with Crippen molar-refractivity contribution in [2.24, 2.45) is 21.7 Å². The number of hydrogen-bond donors (Lipinski definition) is 3. The molecule has 0 amide bonds.